The third-order valence-electron chi connectivity index (χ3n) is 2.26. The highest BCUT2D eigenvalue weighted by atomic mass is 79.9. The first-order chi connectivity index (χ1) is 8.90. The van der Waals surface area contributed by atoms with E-state index in [-0.39, 0.29) is 22.7 Å². The van der Waals surface area contributed by atoms with Crippen LogP contribution in [0.25, 0.3) is 0 Å². The fourth-order valence-corrected chi connectivity index (χ4v) is 2.35. The molecule has 1 aromatic heterocycles. The predicted molar refractivity (Wildman–Crippen MR) is 88.6 cm³/mol. The third-order valence-corrected chi connectivity index (χ3v) is 6.79. The van der Waals surface area contributed by atoms with Gasteiger partial charge in [0.05, 0.1) is 0 Å². The van der Waals surface area contributed by atoms with Crippen molar-refractivity contribution >= 4 is 63.7 Å². The van der Waals surface area contributed by atoms with Gasteiger partial charge in [-0.05, 0) is 0 Å². The number of nitrogens with zero attached hydrogens (tertiary/aromatic N) is 2. The lowest BCUT2D eigenvalue weighted by atomic mass is 10.4. The highest BCUT2D eigenvalue weighted by Gasteiger charge is 2.14. The Morgan fingerprint density at radius 3 is 1.58 bits per heavy atom. The van der Waals surface area contributed by atoms with Crippen LogP contribution in [0.15, 0.2) is 14.4 Å². The van der Waals surface area contributed by atoms with E-state index in [2.05, 4.69) is 68.7 Å². The van der Waals surface area contributed by atoms with Crippen LogP contribution in [0.1, 0.15) is 0 Å². The predicted octanol–water partition coefficient (Wildman–Crippen LogP) is 1.02. The van der Waals surface area contributed by atoms with Gasteiger partial charge in [0, 0.05) is 33.4 Å². The molecule has 2 unspecified atom stereocenters. The summed E-state index contributed by atoms with van der Waals surface area (Å²) in [4.78, 5) is 37.5. The van der Waals surface area contributed by atoms with E-state index in [1.54, 1.807) is 0 Å². The Labute approximate surface area is 142 Å². The summed E-state index contributed by atoms with van der Waals surface area (Å²) in [5.74, 6) is 0. The molecule has 1 heterocycles. The monoisotopic (exact) mass is 525 g/mol. The SMILES string of the molecule is O=c1[nH]c(=O)n(CC(Br)CBr)c(=O)n1CC(Br)CBr. The molecule has 0 saturated carbocycles. The molecule has 0 aliphatic heterocycles. The van der Waals surface area contributed by atoms with Gasteiger partial charge in [0.25, 0.3) is 0 Å². The molecule has 0 aliphatic carbocycles. The molecule has 10 heteroatoms. The van der Waals surface area contributed by atoms with E-state index < -0.39 is 17.1 Å². The summed E-state index contributed by atoms with van der Waals surface area (Å²) in [6.45, 7) is 0.363. The Bertz CT molecular complexity index is 546. The lowest BCUT2D eigenvalue weighted by Crippen LogP contribution is -2.51. The van der Waals surface area contributed by atoms with E-state index in [1.807, 2.05) is 0 Å². The molecule has 6 nitrogen and oxygen atoms in total. The summed E-state index contributed by atoms with van der Waals surface area (Å²) in [6.07, 6.45) is 0. The number of halogens is 4. The summed E-state index contributed by atoms with van der Waals surface area (Å²) in [7, 11) is 0. The van der Waals surface area contributed by atoms with Crippen molar-refractivity contribution in [2.75, 3.05) is 10.7 Å². The molecular formula is C9H11Br4N3O3. The molecular weight excluding hydrogens is 518 g/mol. The van der Waals surface area contributed by atoms with Crippen LogP contribution in [0, 0.1) is 0 Å². The molecule has 1 rings (SSSR count). The van der Waals surface area contributed by atoms with Crippen LogP contribution in [0.4, 0.5) is 0 Å². The van der Waals surface area contributed by atoms with Crippen molar-refractivity contribution in [3.8, 4) is 0 Å². The van der Waals surface area contributed by atoms with Crippen LogP contribution in [-0.4, -0.2) is 34.4 Å². The Morgan fingerprint density at radius 1 is 0.895 bits per heavy atom. The summed E-state index contributed by atoms with van der Waals surface area (Å²) >= 11 is 13.2. The molecule has 108 valence electrons. The van der Waals surface area contributed by atoms with Gasteiger partial charge in [-0.3, -0.25) is 4.98 Å². The summed E-state index contributed by atoms with van der Waals surface area (Å²) in [5.41, 5.74) is -1.99. The molecule has 19 heavy (non-hydrogen) atoms. The normalized spacial score (nSPS) is 14.3. The largest absolute Gasteiger partial charge is 0.336 e. The van der Waals surface area contributed by atoms with Gasteiger partial charge in [0.15, 0.2) is 0 Å². The molecule has 0 aromatic carbocycles. The van der Waals surface area contributed by atoms with Gasteiger partial charge in [-0.1, -0.05) is 63.7 Å². The third kappa shape index (κ3) is 4.68. The van der Waals surface area contributed by atoms with Gasteiger partial charge in [0.2, 0.25) is 0 Å². The van der Waals surface area contributed by atoms with Crippen molar-refractivity contribution < 1.29 is 0 Å². The van der Waals surface area contributed by atoms with Crippen LogP contribution in [0.3, 0.4) is 0 Å². The number of nitrogens with one attached hydrogen (secondary N) is 1. The lowest BCUT2D eigenvalue weighted by molar-refractivity contribution is 0.514. The quantitative estimate of drug-likeness (QED) is 0.560. The van der Waals surface area contributed by atoms with Crippen molar-refractivity contribution in [1.82, 2.24) is 14.1 Å². The van der Waals surface area contributed by atoms with E-state index in [1.165, 1.54) is 0 Å². The number of alkyl halides is 4. The second-order valence-corrected chi connectivity index (χ2v) is 7.63. The summed E-state index contributed by atoms with van der Waals surface area (Å²) in [6, 6.07) is 0. The van der Waals surface area contributed by atoms with E-state index in [4.69, 9.17) is 0 Å². The number of hydrogen-bond donors (Lipinski definition) is 1. The zero-order chi connectivity index (χ0) is 14.6. The van der Waals surface area contributed by atoms with Gasteiger partial charge in [-0.2, -0.15) is 0 Å². The number of aromatic amines is 1. The highest BCUT2D eigenvalue weighted by Crippen LogP contribution is 2.05. The van der Waals surface area contributed by atoms with Gasteiger partial charge in [-0.25, -0.2) is 23.5 Å². The van der Waals surface area contributed by atoms with E-state index in [9.17, 15) is 14.4 Å². The lowest BCUT2D eigenvalue weighted by Gasteiger charge is -2.12. The molecule has 0 bridgehead atoms. The Morgan fingerprint density at radius 2 is 1.26 bits per heavy atom. The summed E-state index contributed by atoms with van der Waals surface area (Å²) in [5, 5.41) is 1.17. The van der Waals surface area contributed by atoms with E-state index in [0.717, 1.165) is 9.13 Å². The average molecular weight is 529 g/mol. The van der Waals surface area contributed by atoms with Gasteiger partial charge in [-0.15, -0.1) is 0 Å². The first kappa shape index (κ1) is 17.4. The van der Waals surface area contributed by atoms with Crippen LogP contribution < -0.4 is 17.1 Å². The maximum Gasteiger partial charge on any atom is 0.336 e. The van der Waals surface area contributed by atoms with Crippen molar-refractivity contribution in [3.63, 3.8) is 0 Å². The second-order valence-electron chi connectivity index (χ2n) is 3.74. The highest BCUT2D eigenvalue weighted by molar-refractivity contribution is 9.12. The van der Waals surface area contributed by atoms with Crippen molar-refractivity contribution in [2.24, 2.45) is 0 Å². The molecule has 1 N–H and O–H groups in total. The van der Waals surface area contributed by atoms with Crippen molar-refractivity contribution in [1.29, 1.82) is 0 Å². The van der Waals surface area contributed by atoms with E-state index >= 15 is 0 Å². The zero-order valence-electron chi connectivity index (χ0n) is 9.61. The van der Waals surface area contributed by atoms with Crippen LogP contribution in [0.5, 0.6) is 0 Å². The van der Waals surface area contributed by atoms with Gasteiger partial charge in [0.1, 0.15) is 0 Å². The van der Waals surface area contributed by atoms with Gasteiger partial charge >= 0.3 is 17.1 Å². The molecule has 0 radical (unpaired) electrons. The van der Waals surface area contributed by atoms with Crippen molar-refractivity contribution in [3.05, 3.63) is 31.5 Å². The standard InChI is InChI=1S/C9H11Br4N3O3/c10-1-5(12)3-15-7(17)14-8(18)16(9(15)19)4-6(13)2-11/h5-6H,1-4H2,(H,14,17,18). The minimum absolute atomic E-state index is 0.0757. The number of aromatic nitrogens is 3. The number of H-pyrrole nitrogens is 1. The number of rotatable bonds is 6. The Balaban J connectivity index is 3.27. The summed E-state index contributed by atoms with van der Waals surface area (Å²) < 4.78 is 2.02. The Hall–Kier alpha value is 0.330. The molecule has 0 saturated heterocycles. The molecule has 0 aliphatic rings. The second kappa shape index (κ2) is 7.94. The van der Waals surface area contributed by atoms with Crippen molar-refractivity contribution in [2.45, 2.75) is 22.7 Å². The van der Waals surface area contributed by atoms with Crippen LogP contribution >= 0.6 is 63.7 Å². The van der Waals surface area contributed by atoms with Crippen LogP contribution in [-0.2, 0) is 13.1 Å². The zero-order valence-corrected chi connectivity index (χ0v) is 16.0. The maximum absolute atomic E-state index is 12.1. The first-order valence-electron chi connectivity index (χ1n) is 5.24. The fraction of sp³-hybridized carbons (Fsp3) is 0.667. The Kier molecular flexibility index (Phi) is 7.26. The average Bonchev–Trinajstić information content (AvgIpc) is 2.38. The molecule has 0 fully saturated rings. The first-order valence-corrected chi connectivity index (χ1v) is 9.32. The van der Waals surface area contributed by atoms with Gasteiger partial charge < -0.3 is 0 Å². The maximum atomic E-state index is 12.1. The molecule has 2 atom stereocenters. The van der Waals surface area contributed by atoms with Crippen LogP contribution in [0.2, 0.25) is 0 Å². The topological polar surface area (TPSA) is 76.9 Å². The molecule has 0 spiro atoms. The fourth-order valence-electron chi connectivity index (χ4n) is 1.36. The number of hydrogen-bond acceptors (Lipinski definition) is 3. The molecule has 1 aromatic rings. The minimum atomic E-state index is -0.693. The van der Waals surface area contributed by atoms with E-state index in [0.29, 0.717) is 10.7 Å². The minimum Gasteiger partial charge on any atom is -0.259 e. The molecule has 0 amide bonds. The smallest absolute Gasteiger partial charge is 0.259 e.